The molecule has 5 aromatic rings. The van der Waals surface area contributed by atoms with Gasteiger partial charge in [-0.15, -0.1) is 27.8 Å². The SMILES string of the molecule is N[SH+](=O)c1ccc(Cc2c(-c3ccc(F)c(-c4ccc(F)s4)c3)nn(-c3nc(C(=O)O)cs3)c2CC2CC2)cc1F.[OH-]. The van der Waals surface area contributed by atoms with E-state index in [4.69, 9.17) is 10.2 Å². The summed E-state index contributed by atoms with van der Waals surface area (Å²) < 4.78 is 56.8. The number of nitrogens with zero attached hydrogens (tertiary/aromatic N) is 3. The number of hydrogen-bond donors (Lipinski definition) is 2. The third-order valence-corrected chi connectivity index (χ3v) is 9.43. The van der Waals surface area contributed by atoms with Crippen LogP contribution in [0, 0.1) is 22.7 Å². The average Bonchev–Trinajstić information content (AvgIpc) is 3.28. The topological polar surface area (TPSA) is 141 Å². The minimum absolute atomic E-state index is 0. The summed E-state index contributed by atoms with van der Waals surface area (Å²) in [6.45, 7) is 0. The molecule has 1 fully saturated rings. The Morgan fingerprint density at radius 3 is 2.50 bits per heavy atom. The molecule has 0 radical (unpaired) electrons. The summed E-state index contributed by atoms with van der Waals surface area (Å²) in [6, 6.07) is 11.6. The Hall–Kier alpha value is -3.69. The molecule has 42 heavy (non-hydrogen) atoms. The van der Waals surface area contributed by atoms with Crippen LogP contribution in [-0.4, -0.2) is 31.3 Å². The van der Waals surface area contributed by atoms with Crippen LogP contribution in [0.4, 0.5) is 13.2 Å². The second-order valence-corrected chi connectivity index (χ2v) is 12.7. The number of thiazole rings is 1. The van der Waals surface area contributed by atoms with Gasteiger partial charge in [0.2, 0.25) is 10.0 Å². The summed E-state index contributed by atoms with van der Waals surface area (Å²) in [5, 5.41) is 21.1. The van der Waals surface area contributed by atoms with E-state index >= 15 is 0 Å². The lowest BCUT2D eigenvalue weighted by Gasteiger charge is -2.10. The van der Waals surface area contributed by atoms with E-state index in [1.54, 1.807) is 22.9 Å². The van der Waals surface area contributed by atoms with Gasteiger partial charge in [-0.05, 0) is 73.2 Å². The Morgan fingerprint density at radius 1 is 1.10 bits per heavy atom. The Kier molecular flexibility index (Phi) is 8.44. The average molecular weight is 633 g/mol. The number of rotatable bonds is 9. The summed E-state index contributed by atoms with van der Waals surface area (Å²) in [7, 11) is -2.35. The Morgan fingerprint density at radius 2 is 1.88 bits per heavy atom. The number of carboxylic acids is 1. The number of carboxylic acid groups (broad SMARTS) is 1. The molecule has 14 heteroatoms. The lowest BCUT2D eigenvalue weighted by molar-refractivity contribution is 0.0691. The molecule has 0 spiro atoms. The second kappa shape index (κ2) is 11.9. The lowest BCUT2D eigenvalue weighted by Crippen LogP contribution is -2.07. The van der Waals surface area contributed by atoms with Crippen LogP contribution in [0.25, 0.3) is 26.8 Å². The van der Waals surface area contributed by atoms with Gasteiger partial charge in [0.15, 0.2) is 27.6 Å². The number of aromatic carboxylic acids is 1. The summed E-state index contributed by atoms with van der Waals surface area (Å²) in [5.41, 5.74) is 3.25. The molecule has 8 nitrogen and oxygen atoms in total. The Balaban J connectivity index is 0.00000353. The predicted molar refractivity (Wildman–Crippen MR) is 154 cm³/mol. The van der Waals surface area contributed by atoms with E-state index in [-0.39, 0.29) is 28.0 Å². The zero-order chi connectivity index (χ0) is 28.8. The highest BCUT2D eigenvalue weighted by atomic mass is 32.2. The van der Waals surface area contributed by atoms with Gasteiger partial charge < -0.3 is 10.6 Å². The zero-order valence-electron chi connectivity index (χ0n) is 21.6. The van der Waals surface area contributed by atoms with Gasteiger partial charge in [-0.3, -0.25) is 0 Å². The molecule has 1 atom stereocenters. The van der Waals surface area contributed by atoms with E-state index in [0.29, 0.717) is 39.2 Å². The first kappa shape index (κ1) is 29.8. The van der Waals surface area contributed by atoms with Gasteiger partial charge in [0.05, 0.1) is 11.4 Å². The first-order valence-corrected chi connectivity index (χ1v) is 15.6. The van der Waals surface area contributed by atoms with Gasteiger partial charge in [0.1, 0.15) is 5.82 Å². The van der Waals surface area contributed by atoms with E-state index < -0.39 is 33.7 Å². The zero-order valence-corrected chi connectivity index (χ0v) is 24.2. The smallest absolute Gasteiger partial charge is 0.355 e. The predicted octanol–water partition coefficient (Wildman–Crippen LogP) is 6.14. The number of halogens is 3. The molecule has 0 saturated heterocycles. The molecule has 0 bridgehead atoms. The summed E-state index contributed by atoms with van der Waals surface area (Å²) in [6.07, 6.45) is 2.91. The van der Waals surface area contributed by atoms with Crippen molar-refractivity contribution in [2.45, 2.75) is 30.6 Å². The van der Waals surface area contributed by atoms with Gasteiger partial charge in [0.25, 0.3) is 0 Å². The van der Waals surface area contributed by atoms with Crippen LogP contribution in [0.2, 0.25) is 0 Å². The number of hydrogen-bond acceptors (Lipinski definition) is 7. The van der Waals surface area contributed by atoms with Crippen molar-refractivity contribution in [2.24, 2.45) is 11.1 Å². The molecule has 1 aliphatic carbocycles. The fourth-order valence-electron chi connectivity index (χ4n) is 4.69. The van der Waals surface area contributed by atoms with Crippen molar-refractivity contribution >= 4 is 39.6 Å². The Bertz CT molecular complexity index is 1830. The first-order valence-electron chi connectivity index (χ1n) is 12.5. The molecule has 1 unspecified atom stereocenters. The van der Waals surface area contributed by atoms with E-state index in [1.165, 1.54) is 35.7 Å². The van der Waals surface area contributed by atoms with Gasteiger partial charge in [-0.1, -0.05) is 10.3 Å². The van der Waals surface area contributed by atoms with Gasteiger partial charge in [-0.2, -0.15) is 9.49 Å². The minimum atomic E-state index is -2.35. The molecule has 0 amide bonds. The molecule has 2 aromatic carbocycles. The molecule has 4 N–H and O–H groups in total. The second-order valence-electron chi connectivity index (χ2n) is 9.74. The molecule has 6 rings (SSSR count). The highest BCUT2D eigenvalue weighted by Crippen LogP contribution is 2.39. The summed E-state index contributed by atoms with van der Waals surface area (Å²) in [5.74, 6) is -1.97. The molecule has 3 heterocycles. The minimum Gasteiger partial charge on any atom is -0.870 e. The normalized spacial score (nSPS) is 13.6. The fraction of sp³-hybridized carbons (Fsp3) is 0.179. The number of thiophene rings is 1. The fourth-order valence-corrected chi connectivity index (χ4v) is 6.71. The number of nitrogens with two attached hydrogens (primary N) is 1. The van der Waals surface area contributed by atoms with Crippen LogP contribution in [0.15, 0.2) is 58.8 Å². The van der Waals surface area contributed by atoms with Crippen molar-refractivity contribution in [2.75, 3.05) is 0 Å². The number of aromatic nitrogens is 3. The molecular weight excluding hydrogens is 610 g/mol. The molecular formula is C28H23F3N4O4S3. The first-order chi connectivity index (χ1) is 19.7. The van der Waals surface area contributed by atoms with Crippen molar-refractivity contribution in [3.63, 3.8) is 0 Å². The van der Waals surface area contributed by atoms with Crippen molar-refractivity contribution < 1.29 is 32.8 Å². The van der Waals surface area contributed by atoms with E-state index in [1.807, 2.05) is 0 Å². The van der Waals surface area contributed by atoms with Gasteiger partial charge >= 0.3 is 5.97 Å². The number of carbonyl (C=O) groups is 1. The van der Waals surface area contributed by atoms with Crippen molar-refractivity contribution in [3.05, 3.63) is 93.2 Å². The van der Waals surface area contributed by atoms with E-state index in [9.17, 15) is 27.3 Å². The standard InChI is InChI=1S/C28H21F3N4O3S3.H2O/c29-19-5-4-16(12-17(19)23-6-8-25(31)40-23)26-18(9-15-3-7-24(41(32)38)20(30)10-15)22(11-14-1-2-14)35(34-26)28-33-21(13-39-28)27(36)37;/h3-8,10,12-14H,1-2,9,11H2,(H2,32,38)(H,36,37);1H2. The van der Waals surface area contributed by atoms with Gasteiger partial charge in [-0.25, -0.2) is 23.2 Å². The maximum atomic E-state index is 14.9. The van der Waals surface area contributed by atoms with Crippen molar-refractivity contribution in [1.29, 1.82) is 0 Å². The number of thiol groups is 1. The molecule has 1 saturated carbocycles. The molecule has 218 valence electrons. The van der Waals surface area contributed by atoms with Gasteiger partial charge in [0, 0.05) is 33.4 Å². The van der Waals surface area contributed by atoms with Crippen LogP contribution in [0.1, 0.15) is 40.2 Å². The van der Waals surface area contributed by atoms with Crippen LogP contribution >= 0.6 is 22.7 Å². The lowest BCUT2D eigenvalue weighted by atomic mass is 9.96. The monoisotopic (exact) mass is 632 g/mol. The van der Waals surface area contributed by atoms with Crippen LogP contribution in [0.5, 0.6) is 0 Å². The third-order valence-electron chi connectivity index (χ3n) is 6.87. The maximum absolute atomic E-state index is 14.9. The quantitative estimate of drug-likeness (QED) is 0.148. The summed E-state index contributed by atoms with van der Waals surface area (Å²) in [4.78, 5) is 16.2. The summed E-state index contributed by atoms with van der Waals surface area (Å²) >= 11 is 1.96. The Labute approximate surface area is 248 Å². The molecule has 3 aromatic heterocycles. The van der Waals surface area contributed by atoms with E-state index in [0.717, 1.165) is 46.8 Å². The van der Waals surface area contributed by atoms with Crippen LogP contribution in [0.3, 0.4) is 0 Å². The molecule has 0 aliphatic heterocycles. The highest BCUT2D eigenvalue weighted by Gasteiger charge is 2.30. The van der Waals surface area contributed by atoms with Crippen molar-refractivity contribution in [3.8, 4) is 26.8 Å². The van der Waals surface area contributed by atoms with E-state index in [2.05, 4.69) is 4.98 Å². The maximum Gasteiger partial charge on any atom is 0.355 e. The van der Waals surface area contributed by atoms with Crippen LogP contribution in [-0.2, 0) is 28.0 Å². The third kappa shape index (κ3) is 5.94. The van der Waals surface area contributed by atoms with Crippen molar-refractivity contribution in [1.82, 2.24) is 14.8 Å². The molecule has 1 aliphatic rings. The largest absolute Gasteiger partial charge is 0.870 e. The highest BCUT2D eigenvalue weighted by molar-refractivity contribution is 7.82. The number of benzene rings is 2. The van der Waals surface area contributed by atoms with Crippen LogP contribution < -0.4 is 5.14 Å².